The molecule has 33 heavy (non-hydrogen) atoms. The van der Waals surface area contributed by atoms with Crippen LogP contribution in [-0.4, -0.2) is 28.7 Å². The Morgan fingerprint density at radius 1 is 0.939 bits per heavy atom. The molecule has 1 atom stereocenters. The van der Waals surface area contributed by atoms with Crippen molar-refractivity contribution >= 4 is 28.6 Å². The molecule has 0 amide bonds. The van der Waals surface area contributed by atoms with Crippen LogP contribution in [0.25, 0.3) is 16.7 Å². The molecule has 166 valence electrons. The third kappa shape index (κ3) is 3.74. The Hall–Kier alpha value is -4.06. The number of fused-ring (bicyclic) bond motifs is 3. The first-order valence-electron chi connectivity index (χ1n) is 11.1. The summed E-state index contributed by atoms with van der Waals surface area (Å²) in [6.07, 6.45) is 0. The largest absolute Gasteiger partial charge is 0.494 e. The van der Waals surface area contributed by atoms with Gasteiger partial charge in [-0.25, -0.2) is 9.78 Å². The van der Waals surface area contributed by atoms with Gasteiger partial charge < -0.3 is 14.8 Å². The average Bonchev–Trinajstić information content (AvgIpc) is 3.23. The number of imidazole rings is 1. The molecule has 0 bridgehead atoms. The molecule has 6 nitrogen and oxygen atoms in total. The number of nitrogens with zero attached hydrogens (tertiary/aromatic N) is 2. The van der Waals surface area contributed by atoms with Crippen molar-refractivity contribution in [2.75, 3.05) is 18.5 Å². The molecule has 1 aliphatic heterocycles. The number of hydrogen-bond acceptors (Lipinski definition) is 5. The molecule has 1 N–H and O–H groups in total. The molecule has 3 aromatic carbocycles. The van der Waals surface area contributed by atoms with Gasteiger partial charge in [0.15, 0.2) is 0 Å². The van der Waals surface area contributed by atoms with Gasteiger partial charge in [-0.1, -0.05) is 54.6 Å². The number of aromatic nitrogens is 2. The van der Waals surface area contributed by atoms with E-state index in [1.54, 1.807) is 0 Å². The maximum atomic E-state index is 13.4. The highest BCUT2D eigenvalue weighted by Gasteiger charge is 2.36. The lowest BCUT2D eigenvalue weighted by atomic mass is 9.92. The lowest BCUT2D eigenvalue weighted by molar-refractivity contribution is -0.138. The third-order valence-corrected chi connectivity index (χ3v) is 5.70. The van der Waals surface area contributed by atoms with Crippen LogP contribution in [0, 0.1) is 0 Å². The van der Waals surface area contributed by atoms with Crippen LogP contribution in [0.4, 0.5) is 5.95 Å². The third-order valence-electron chi connectivity index (χ3n) is 5.70. The van der Waals surface area contributed by atoms with Crippen molar-refractivity contribution in [2.24, 2.45) is 0 Å². The first-order chi connectivity index (χ1) is 16.2. The summed E-state index contributed by atoms with van der Waals surface area (Å²) in [5.41, 5.74) is 4.88. The number of para-hydroxylation sites is 2. The van der Waals surface area contributed by atoms with Crippen molar-refractivity contribution in [1.82, 2.24) is 9.55 Å². The van der Waals surface area contributed by atoms with Crippen LogP contribution >= 0.6 is 0 Å². The first kappa shape index (κ1) is 20.8. The monoisotopic (exact) mass is 439 g/mol. The van der Waals surface area contributed by atoms with E-state index in [0.29, 0.717) is 23.8 Å². The Labute approximate surface area is 192 Å². The number of carbonyl (C=O) groups is 1. The summed E-state index contributed by atoms with van der Waals surface area (Å²) in [5, 5.41) is 3.43. The minimum Gasteiger partial charge on any atom is -0.494 e. The van der Waals surface area contributed by atoms with Gasteiger partial charge in [-0.15, -0.1) is 0 Å². The molecule has 6 heteroatoms. The maximum absolute atomic E-state index is 13.4. The Morgan fingerprint density at radius 3 is 2.39 bits per heavy atom. The predicted octanol–water partition coefficient (Wildman–Crippen LogP) is 5.42. The van der Waals surface area contributed by atoms with E-state index in [-0.39, 0.29) is 12.6 Å². The minimum atomic E-state index is -0.418. The zero-order valence-corrected chi connectivity index (χ0v) is 18.6. The second kappa shape index (κ2) is 8.82. The molecule has 1 aliphatic rings. The second-order valence-corrected chi connectivity index (χ2v) is 7.70. The quantitative estimate of drug-likeness (QED) is 0.406. The molecule has 0 radical (unpaired) electrons. The molecule has 2 heterocycles. The van der Waals surface area contributed by atoms with Crippen LogP contribution in [0.5, 0.6) is 5.75 Å². The van der Waals surface area contributed by atoms with Gasteiger partial charge in [0.2, 0.25) is 5.95 Å². The van der Waals surface area contributed by atoms with E-state index in [4.69, 9.17) is 14.5 Å². The molecule has 1 aromatic heterocycles. The summed E-state index contributed by atoms with van der Waals surface area (Å²) in [7, 11) is 0. The van der Waals surface area contributed by atoms with Crippen LogP contribution < -0.4 is 10.1 Å². The van der Waals surface area contributed by atoms with Crippen LogP contribution in [0.15, 0.2) is 84.4 Å². The Balaban J connectivity index is 1.78. The van der Waals surface area contributed by atoms with Crippen molar-refractivity contribution in [2.45, 2.75) is 19.9 Å². The zero-order chi connectivity index (χ0) is 22.8. The van der Waals surface area contributed by atoms with Crippen molar-refractivity contribution < 1.29 is 14.3 Å². The standard InChI is InChI=1S/C27H25N3O3/c1-3-32-20-16-14-19(15-17-20)25-23(26(31)33-4-2)24(18-10-6-5-7-11-18)29-27-28-21-12-8-9-13-22(21)30(25)27/h5-17,25H,3-4H2,1-2H3,(H,28,29). The van der Waals surface area contributed by atoms with Crippen molar-refractivity contribution in [3.05, 3.63) is 95.6 Å². The number of ether oxygens (including phenoxy) is 2. The van der Waals surface area contributed by atoms with Crippen LogP contribution in [0.1, 0.15) is 31.0 Å². The number of anilines is 1. The van der Waals surface area contributed by atoms with E-state index in [1.807, 2.05) is 92.7 Å². The maximum Gasteiger partial charge on any atom is 0.338 e. The molecule has 0 aliphatic carbocycles. The highest BCUT2D eigenvalue weighted by Crippen LogP contribution is 2.42. The summed E-state index contributed by atoms with van der Waals surface area (Å²) >= 11 is 0. The molecule has 0 saturated carbocycles. The van der Waals surface area contributed by atoms with Crippen LogP contribution in [0.3, 0.4) is 0 Å². The summed E-state index contributed by atoms with van der Waals surface area (Å²) in [6, 6.07) is 25.2. The van der Waals surface area contributed by atoms with Gasteiger partial charge in [0, 0.05) is 0 Å². The summed E-state index contributed by atoms with van der Waals surface area (Å²) in [5.74, 6) is 1.11. The van der Waals surface area contributed by atoms with Gasteiger partial charge in [0.05, 0.1) is 41.6 Å². The number of benzene rings is 3. The molecule has 0 spiro atoms. The molecular weight excluding hydrogens is 414 g/mol. The fraction of sp³-hybridized carbons (Fsp3) is 0.185. The summed E-state index contributed by atoms with van der Waals surface area (Å²) < 4.78 is 13.3. The van der Waals surface area contributed by atoms with Gasteiger partial charge in [-0.2, -0.15) is 0 Å². The number of carbonyl (C=O) groups excluding carboxylic acids is 1. The van der Waals surface area contributed by atoms with Crippen molar-refractivity contribution in [3.8, 4) is 5.75 Å². The molecule has 1 unspecified atom stereocenters. The zero-order valence-electron chi connectivity index (χ0n) is 18.6. The van der Waals surface area contributed by atoms with Crippen LogP contribution in [-0.2, 0) is 9.53 Å². The van der Waals surface area contributed by atoms with E-state index in [2.05, 4.69) is 9.88 Å². The molecule has 0 saturated heterocycles. The fourth-order valence-corrected chi connectivity index (χ4v) is 4.32. The SMILES string of the molecule is CCOC(=O)C1=C(c2ccccc2)Nc2nc3ccccc3n2C1c1ccc(OCC)cc1. The van der Waals surface area contributed by atoms with Gasteiger partial charge in [-0.05, 0) is 49.2 Å². The number of esters is 1. The number of nitrogens with one attached hydrogen (secondary N) is 1. The van der Waals surface area contributed by atoms with Gasteiger partial charge in [0.25, 0.3) is 0 Å². The first-order valence-corrected chi connectivity index (χ1v) is 11.1. The number of hydrogen-bond donors (Lipinski definition) is 1. The average molecular weight is 440 g/mol. The minimum absolute atomic E-state index is 0.290. The van der Waals surface area contributed by atoms with Crippen LogP contribution in [0.2, 0.25) is 0 Å². The van der Waals surface area contributed by atoms with Gasteiger partial charge >= 0.3 is 5.97 Å². The topological polar surface area (TPSA) is 65.4 Å². The van der Waals surface area contributed by atoms with E-state index in [0.717, 1.165) is 27.9 Å². The van der Waals surface area contributed by atoms with E-state index in [9.17, 15) is 4.79 Å². The summed E-state index contributed by atoms with van der Waals surface area (Å²) in [4.78, 5) is 18.3. The van der Waals surface area contributed by atoms with E-state index in [1.165, 1.54) is 0 Å². The smallest absolute Gasteiger partial charge is 0.338 e. The fourth-order valence-electron chi connectivity index (χ4n) is 4.32. The second-order valence-electron chi connectivity index (χ2n) is 7.70. The molecule has 5 rings (SSSR count). The lowest BCUT2D eigenvalue weighted by Crippen LogP contribution is -2.29. The highest BCUT2D eigenvalue weighted by molar-refractivity contribution is 6.03. The highest BCUT2D eigenvalue weighted by atomic mass is 16.5. The van der Waals surface area contributed by atoms with Crippen molar-refractivity contribution in [3.63, 3.8) is 0 Å². The lowest BCUT2D eigenvalue weighted by Gasteiger charge is -2.31. The molecule has 4 aromatic rings. The Morgan fingerprint density at radius 2 is 1.67 bits per heavy atom. The van der Waals surface area contributed by atoms with E-state index >= 15 is 0 Å². The Kier molecular flexibility index (Phi) is 5.57. The molecule has 0 fully saturated rings. The molecular formula is C27H25N3O3. The normalized spacial score (nSPS) is 15.2. The summed E-state index contributed by atoms with van der Waals surface area (Å²) in [6.45, 7) is 4.66. The van der Waals surface area contributed by atoms with E-state index < -0.39 is 6.04 Å². The predicted molar refractivity (Wildman–Crippen MR) is 129 cm³/mol. The van der Waals surface area contributed by atoms with Gasteiger partial charge in [-0.3, -0.25) is 4.57 Å². The Bertz CT molecular complexity index is 1320. The van der Waals surface area contributed by atoms with Crippen molar-refractivity contribution in [1.29, 1.82) is 0 Å². The van der Waals surface area contributed by atoms with Gasteiger partial charge in [0.1, 0.15) is 5.75 Å². The number of rotatable bonds is 6.